The van der Waals surface area contributed by atoms with Crippen molar-refractivity contribution in [3.05, 3.63) is 29.8 Å². The predicted molar refractivity (Wildman–Crippen MR) is 125 cm³/mol. The summed E-state index contributed by atoms with van der Waals surface area (Å²) < 4.78 is 18.1. The summed E-state index contributed by atoms with van der Waals surface area (Å²) in [5.74, 6) is 1.16. The molecule has 2 bridgehead atoms. The van der Waals surface area contributed by atoms with Gasteiger partial charge in [0.25, 0.3) is 5.91 Å². The first-order valence-electron chi connectivity index (χ1n) is 12.4. The average molecular weight is 459 g/mol. The van der Waals surface area contributed by atoms with E-state index in [-0.39, 0.29) is 24.1 Å². The van der Waals surface area contributed by atoms with E-state index < -0.39 is 17.8 Å². The highest BCUT2D eigenvalue weighted by Gasteiger charge is 2.39. The number of para-hydroxylation sites is 1. The minimum absolute atomic E-state index is 0.0688. The van der Waals surface area contributed by atoms with E-state index in [1.54, 1.807) is 0 Å². The van der Waals surface area contributed by atoms with E-state index in [1.807, 2.05) is 50.8 Å². The molecule has 2 fully saturated rings. The number of benzene rings is 1. The van der Waals surface area contributed by atoms with Gasteiger partial charge in [-0.2, -0.15) is 0 Å². The first kappa shape index (κ1) is 23.9. The van der Waals surface area contributed by atoms with Crippen LogP contribution in [0.25, 0.3) is 0 Å². The van der Waals surface area contributed by atoms with Gasteiger partial charge in [0.05, 0.1) is 24.8 Å². The van der Waals surface area contributed by atoms with Crippen molar-refractivity contribution in [1.82, 2.24) is 10.2 Å². The third-order valence-corrected chi connectivity index (χ3v) is 6.95. The number of nitrogens with zero attached hydrogens (tertiary/aromatic N) is 1. The third kappa shape index (κ3) is 5.81. The molecule has 3 atom stereocenters. The lowest BCUT2D eigenvalue weighted by Gasteiger charge is -2.42. The number of carbonyl (C=O) groups is 2. The van der Waals surface area contributed by atoms with Crippen LogP contribution in [0, 0.1) is 0 Å². The molecule has 0 spiro atoms. The lowest BCUT2D eigenvalue weighted by molar-refractivity contribution is -0.145. The topological polar surface area (TPSA) is 77.1 Å². The van der Waals surface area contributed by atoms with E-state index >= 15 is 0 Å². The predicted octanol–water partition coefficient (Wildman–Crippen LogP) is 4.39. The van der Waals surface area contributed by atoms with Gasteiger partial charge in [0.2, 0.25) is 0 Å². The Morgan fingerprint density at radius 1 is 1.12 bits per heavy atom. The third-order valence-electron chi connectivity index (χ3n) is 6.95. The summed E-state index contributed by atoms with van der Waals surface area (Å²) in [5, 5.41) is 3.02. The largest absolute Gasteiger partial charge is 0.481 e. The van der Waals surface area contributed by atoms with Crippen molar-refractivity contribution in [2.24, 2.45) is 0 Å². The van der Waals surface area contributed by atoms with Gasteiger partial charge in [0.1, 0.15) is 11.4 Å². The van der Waals surface area contributed by atoms with Crippen molar-refractivity contribution in [3.8, 4) is 5.75 Å². The summed E-state index contributed by atoms with van der Waals surface area (Å²) in [6, 6.07) is 7.64. The fraction of sp³-hybridized carbons (Fsp3) is 0.692. The van der Waals surface area contributed by atoms with Gasteiger partial charge in [-0.3, -0.25) is 4.79 Å². The summed E-state index contributed by atoms with van der Waals surface area (Å²) in [5.41, 5.74) is 0.610. The minimum atomic E-state index is -0.619. The fourth-order valence-corrected chi connectivity index (χ4v) is 5.34. The van der Waals surface area contributed by atoms with E-state index in [0.717, 1.165) is 44.3 Å². The Balaban J connectivity index is 1.58. The monoisotopic (exact) mass is 458 g/mol. The molecule has 7 nitrogen and oxygen atoms in total. The molecule has 0 radical (unpaired) electrons. The second kappa shape index (κ2) is 9.92. The summed E-state index contributed by atoms with van der Waals surface area (Å²) in [4.78, 5) is 27.9. The Morgan fingerprint density at radius 3 is 2.58 bits per heavy atom. The summed E-state index contributed by atoms with van der Waals surface area (Å²) in [6.45, 7) is 8.39. The van der Waals surface area contributed by atoms with Crippen LogP contribution in [0.15, 0.2) is 24.3 Å². The van der Waals surface area contributed by atoms with Crippen LogP contribution in [-0.2, 0) is 14.3 Å². The number of piperidine rings is 1. The van der Waals surface area contributed by atoms with Gasteiger partial charge < -0.3 is 24.4 Å². The fourth-order valence-electron chi connectivity index (χ4n) is 5.34. The molecular weight excluding hydrogens is 420 g/mol. The Labute approximate surface area is 197 Å². The maximum atomic E-state index is 13.5. The van der Waals surface area contributed by atoms with Crippen LogP contribution in [0.5, 0.6) is 5.75 Å². The molecule has 2 amide bonds. The van der Waals surface area contributed by atoms with Crippen molar-refractivity contribution in [2.45, 2.75) is 102 Å². The first-order chi connectivity index (χ1) is 15.7. The van der Waals surface area contributed by atoms with Crippen molar-refractivity contribution in [3.63, 3.8) is 0 Å². The van der Waals surface area contributed by atoms with Crippen molar-refractivity contribution < 1.29 is 23.8 Å². The number of fused-ring (bicyclic) bond motifs is 5. The number of ether oxygens (including phenoxy) is 3. The molecule has 7 heteroatoms. The normalized spacial score (nSPS) is 30.6. The van der Waals surface area contributed by atoms with Crippen molar-refractivity contribution >= 4 is 12.0 Å². The maximum absolute atomic E-state index is 13.5. The first-order valence-corrected chi connectivity index (χ1v) is 12.4. The number of rotatable bonds is 1. The summed E-state index contributed by atoms with van der Waals surface area (Å²) in [6.07, 6.45) is 4.74. The van der Waals surface area contributed by atoms with Gasteiger partial charge in [-0.25, -0.2) is 4.79 Å². The quantitative estimate of drug-likeness (QED) is 0.675. The van der Waals surface area contributed by atoms with E-state index in [4.69, 9.17) is 14.2 Å². The number of hydrogen-bond donors (Lipinski definition) is 1. The van der Waals surface area contributed by atoms with Crippen LogP contribution in [0.1, 0.15) is 77.7 Å². The molecule has 1 saturated carbocycles. The highest BCUT2D eigenvalue weighted by molar-refractivity contribution is 5.81. The molecule has 3 heterocycles. The summed E-state index contributed by atoms with van der Waals surface area (Å²) in [7, 11) is 0. The smallest absolute Gasteiger partial charge is 0.407 e. The zero-order valence-corrected chi connectivity index (χ0v) is 20.3. The second-order valence-electron chi connectivity index (χ2n) is 10.6. The molecule has 4 aliphatic rings. The van der Waals surface area contributed by atoms with Crippen LogP contribution in [0.4, 0.5) is 4.79 Å². The molecule has 1 aliphatic carbocycles. The molecule has 1 N–H and O–H groups in total. The number of nitrogens with one attached hydrogen (secondary N) is 1. The van der Waals surface area contributed by atoms with Crippen molar-refractivity contribution in [1.29, 1.82) is 0 Å². The van der Waals surface area contributed by atoms with Crippen LogP contribution >= 0.6 is 0 Å². The van der Waals surface area contributed by atoms with Crippen molar-refractivity contribution in [2.75, 3.05) is 13.2 Å². The number of hydrogen-bond acceptors (Lipinski definition) is 5. The van der Waals surface area contributed by atoms with Gasteiger partial charge in [-0.15, -0.1) is 0 Å². The zero-order chi connectivity index (χ0) is 23.6. The molecule has 5 rings (SSSR count). The van der Waals surface area contributed by atoms with Crippen LogP contribution in [0.2, 0.25) is 0 Å². The molecule has 33 heavy (non-hydrogen) atoms. The summed E-state index contributed by atoms with van der Waals surface area (Å²) >= 11 is 0. The molecule has 1 aromatic rings. The number of amides is 2. The van der Waals surface area contributed by atoms with Crippen LogP contribution in [-0.4, -0.2) is 59.9 Å². The standard InChI is InChI=1S/C26H38N2O5/c1-17-24(29)28-15-7-9-21(27-25(30)33-26(2,3)4)22(28)16-31-19-13-11-18(12-14-19)20-8-5-6-10-23(20)32-17/h5-6,8,10,17-19,21-22H,7,9,11-16H2,1-4H3,(H,27,30)/t17-,18-,19+,21+,22+/m1/s1. The number of alkyl carbamates (subject to hydrolysis) is 1. The lowest BCUT2D eigenvalue weighted by atomic mass is 9.82. The van der Waals surface area contributed by atoms with Gasteiger partial charge in [-0.05, 0) is 83.8 Å². The maximum Gasteiger partial charge on any atom is 0.407 e. The van der Waals surface area contributed by atoms with Gasteiger partial charge in [-0.1, -0.05) is 18.2 Å². The molecule has 3 aliphatic heterocycles. The number of carbonyl (C=O) groups excluding carboxylic acids is 2. The van der Waals surface area contributed by atoms with E-state index in [2.05, 4.69) is 11.4 Å². The molecule has 0 unspecified atom stereocenters. The molecule has 182 valence electrons. The van der Waals surface area contributed by atoms with Gasteiger partial charge in [0, 0.05) is 6.54 Å². The Kier molecular flexibility index (Phi) is 7.17. The molecule has 1 saturated heterocycles. The molecule has 0 aromatic heterocycles. The van der Waals surface area contributed by atoms with Gasteiger partial charge >= 0.3 is 6.09 Å². The minimum Gasteiger partial charge on any atom is -0.481 e. The Bertz CT molecular complexity index is 843. The van der Waals surface area contributed by atoms with Gasteiger partial charge in [0.15, 0.2) is 6.10 Å². The SMILES string of the molecule is C[C@H]1Oc2ccccc2[C@H]2CC[C@H](CC2)OC[C@H]2[C@@H](NC(=O)OC(C)(C)C)CCCN2C1=O. The molecular formula is C26H38N2O5. The lowest BCUT2D eigenvalue weighted by Crippen LogP contribution is -2.61. The Hall–Kier alpha value is -2.28. The van der Waals surface area contributed by atoms with E-state index in [1.165, 1.54) is 5.56 Å². The van der Waals surface area contributed by atoms with E-state index in [9.17, 15) is 9.59 Å². The average Bonchev–Trinajstić information content (AvgIpc) is 2.77. The molecule has 1 aromatic carbocycles. The second-order valence-corrected chi connectivity index (χ2v) is 10.6. The zero-order valence-electron chi connectivity index (χ0n) is 20.3. The van der Waals surface area contributed by atoms with Crippen LogP contribution < -0.4 is 10.1 Å². The highest BCUT2D eigenvalue weighted by atomic mass is 16.6. The van der Waals surface area contributed by atoms with E-state index in [0.29, 0.717) is 19.1 Å². The van der Waals surface area contributed by atoms with Crippen LogP contribution in [0.3, 0.4) is 0 Å². The highest BCUT2D eigenvalue weighted by Crippen LogP contribution is 2.39. The Morgan fingerprint density at radius 2 is 1.85 bits per heavy atom.